The highest BCUT2D eigenvalue weighted by molar-refractivity contribution is 5.80. The summed E-state index contributed by atoms with van der Waals surface area (Å²) in [5.41, 5.74) is 8.43. The molecule has 0 radical (unpaired) electrons. The Kier molecular flexibility index (Phi) is 3.57. The maximum atomic E-state index is 11.7. The number of nitrogens with two attached hydrogens (primary N) is 1. The van der Waals surface area contributed by atoms with Crippen molar-refractivity contribution in [3.63, 3.8) is 0 Å². The van der Waals surface area contributed by atoms with Gasteiger partial charge in [0.2, 0.25) is 0 Å². The lowest BCUT2D eigenvalue weighted by molar-refractivity contribution is -0.135. The largest absolute Gasteiger partial charge is 0.481 e. The topological polar surface area (TPSA) is 55.6 Å². The summed E-state index contributed by atoms with van der Waals surface area (Å²) in [6.07, 6.45) is 1.52. The van der Waals surface area contributed by atoms with Crippen LogP contribution in [0.2, 0.25) is 0 Å². The first-order chi connectivity index (χ1) is 8.49. The SMILES string of the molecule is CC(Oc1ccc2c(c1)CC[C@H]2N)C(=O)N(C)C. The van der Waals surface area contributed by atoms with Gasteiger partial charge in [0.25, 0.3) is 5.91 Å². The summed E-state index contributed by atoms with van der Waals surface area (Å²) in [6.45, 7) is 1.77. The van der Waals surface area contributed by atoms with E-state index in [2.05, 4.69) is 0 Å². The number of aryl methyl sites for hydroxylation is 1. The first kappa shape index (κ1) is 12.9. The highest BCUT2D eigenvalue weighted by Crippen LogP contribution is 2.32. The average molecular weight is 248 g/mol. The molecule has 2 atom stereocenters. The lowest BCUT2D eigenvalue weighted by atomic mass is 10.1. The smallest absolute Gasteiger partial charge is 0.262 e. The first-order valence-corrected chi connectivity index (χ1v) is 6.25. The molecule has 2 N–H and O–H groups in total. The van der Waals surface area contributed by atoms with Gasteiger partial charge in [-0.3, -0.25) is 4.79 Å². The Bertz CT molecular complexity index is 457. The van der Waals surface area contributed by atoms with E-state index in [1.54, 1.807) is 21.0 Å². The molecule has 0 saturated heterocycles. The van der Waals surface area contributed by atoms with Crippen LogP contribution in [0.25, 0.3) is 0 Å². The number of benzene rings is 1. The van der Waals surface area contributed by atoms with Crippen LogP contribution >= 0.6 is 0 Å². The third-order valence-electron chi connectivity index (χ3n) is 3.34. The molecule has 0 spiro atoms. The summed E-state index contributed by atoms with van der Waals surface area (Å²) in [5.74, 6) is 0.706. The molecular formula is C14H20N2O2. The van der Waals surface area contributed by atoms with Crippen molar-refractivity contribution in [2.24, 2.45) is 5.73 Å². The Labute approximate surface area is 108 Å². The zero-order valence-corrected chi connectivity index (χ0v) is 11.1. The van der Waals surface area contributed by atoms with Crippen LogP contribution in [0.4, 0.5) is 0 Å². The first-order valence-electron chi connectivity index (χ1n) is 6.25. The number of fused-ring (bicyclic) bond motifs is 1. The second-order valence-corrected chi connectivity index (χ2v) is 5.00. The molecule has 1 aromatic carbocycles. The van der Waals surface area contributed by atoms with Crippen LogP contribution in [-0.4, -0.2) is 31.0 Å². The second kappa shape index (κ2) is 4.98. The van der Waals surface area contributed by atoms with Gasteiger partial charge in [0, 0.05) is 20.1 Å². The molecule has 4 nitrogen and oxygen atoms in total. The summed E-state index contributed by atoms with van der Waals surface area (Å²) in [7, 11) is 3.45. The van der Waals surface area contributed by atoms with E-state index in [-0.39, 0.29) is 11.9 Å². The fourth-order valence-electron chi connectivity index (χ4n) is 2.32. The number of likely N-dealkylation sites (N-methyl/N-ethyl adjacent to an activating group) is 1. The van der Waals surface area contributed by atoms with Crippen LogP contribution in [0.15, 0.2) is 18.2 Å². The molecule has 1 amide bonds. The van der Waals surface area contributed by atoms with Crippen LogP contribution in [0.1, 0.15) is 30.5 Å². The standard InChI is InChI=1S/C14H20N2O2/c1-9(14(17)16(2)3)18-11-5-6-12-10(8-11)4-7-13(12)15/h5-6,8-9,13H,4,7,15H2,1-3H3/t9?,13-/m1/s1. The maximum absolute atomic E-state index is 11.7. The van der Waals surface area contributed by atoms with E-state index >= 15 is 0 Å². The van der Waals surface area contributed by atoms with Gasteiger partial charge in [-0.1, -0.05) is 6.07 Å². The Hall–Kier alpha value is -1.55. The molecule has 0 saturated carbocycles. The third-order valence-corrected chi connectivity index (χ3v) is 3.34. The van der Waals surface area contributed by atoms with Crippen molar-refractivity contribution >= 4 is 5.91 Å². The predicted octanol–water partition coefficient (Wildman–Crippen LogP) is 1.49. The number of hydrogen-bond acceptors (Lipinski definition) is 3. The molecule has 0 aromatic heterocycles. The molecule has 98 valence electrons. The summed E-state index contributed by atoms with van der Waals surface area (Å²) in [6, 6.07) is 6.05. The molecule has 4 heteroatoms. The van der Waals surface area contributed by atoms with Crippen molar-refractivity contribution in [3.8, 4) is 5.75 Å². The molecular weight excluding hydrogens is 228 g/mol. The molecule has 0 heterocycles. The fraction of sp³-hybridized carbons (Fsp3) is 0.500. The molecule has 1 aliphatic carbocycles. The maximum Gasteiger partial charge on any atom is 0.262 e. The van der Waals surface area contributed by atoms with Crippen LogP contribution in [0, 0.1) is 0 Å². The van der Waals surface area contributed by atoms with Crippen molar-refractivity contribution in [1.29, 1.82) is 0 Å². The predicted molar refractivity (Wildman–Crippen MR) is 70.5 cm³/mol. The van der Waals surface area contributed by atoms with Gasteiger partial charge in [-0.25, -0.2) is 0 Å². The number of ether oxygens (including phenoxy) is 1. The summed E-state index contributed by atoms with van der Waals surface area (Å²) >= 11 is 0. The van der Waals surface area contributed by atoms with E-state index in [9.17, 15) is 4.79 Å². The lowest BCUT2D eigenvalue weighted by Crippen LogP contribution is -2.35. The summed E-state index contributed by atoms with van der Waals surface area (Å²) in [5, 5.41) is 0. The minimum absolute atomic E-state index is 0.0350. The van der Waals surface area contributed by atoms with E-state index in [1.807, 2.05) is 18.2 Å². The van der Waals surface area contributed by atoms with Crippen molar-refractivity contribution in [3.05, 3.63) is 29.3 Å². The zero-order chi connectivity index (χ0) is 13.3. The minimum Gasteiger partial charge on any atom is -0.481 e. The highest BCUT2D eigenvalue weighted by atomic mass is 16.5. The Morgan fingerprint density at radius 3 is 2.89 bits per heavy atom. The van der Waals surface area contributed by atoms with Gasteiger partial charge in [0.1, 0.15) is 5.75 Å². The van der Waals surface area contributed by atoms with E-state index < -0.39 is 6.10 Å². The van der Waals surface area contributed by atoms with E-state index in [1.165, 1.54) is 16.0 Å². The molecule has 1 aliphatic rings. The Morgan fingerprint density at radius 1 is 1.50 bits per heavy atom. The molecule has 0 aliphatic heterocycles. The van der Waals surface area contributed by atoms with E-state index in [0.29, 0.717) is 0 Å². The average Bonchev–Trinajstić information content (AvgIpc) is 2.69. The molecule has 2 rings (SSSR count). The zero-order valence-electron chi connectivity index (χ0n) is 11.1. The number of hydrogen-bond donors (Lipinski definition) is 1. The molecule has 0 bridgehead atoms. The van der Waals surface area contributed by atoms with Gasteiger partial charge in [-0.15, -0.1) is 0 Å². The van der Waals surface area contributed by atoms with Crippen LogP contribution in [-0.2, 0) is 11.2 Å². The van der Waals surface area contributed by atoms with Gasteiger partial charge < -0.3 is 15.4 Å². The van der Waals surface area contributed by atoms with Crippen molar-refractivity contribution in [1.82, 2.24) is 4.90 Å². The number of carbonyl (C=O) groups is 1. The normalized spacial score (nSPS) is 19.2. The summed E-state index contributed by atoms with van der Waals surface area (Å²) < 4.78 is 5.67. The number of nitrogens with zero attached hydrogens (tertiary/aromatic N) is 1. The lowest BCUT2D eigenvalue weighted by Gasteiger charge is -2.18. The number of rotatable bonds is 3. The monoisotopic (exact) mass is 248 g/mol. The van der Waals surface area contributed by atoms with Crippen LogP contribution in [0.3, 0.4) is 0 Å². The van der Waals surface area contributed by atoms with Crippen molar-refractivity contribution in [2.75, 3.05) is 14.1 Å². The highest BCUT2D eigenvalue weighted by Gasteiger charge is 2.21. The van der Waals surface area contributed by atoms with E-state index in [0.717, 1.165) is 18.6 Å². The minimum atomic E-state index is -0.465. The van der Waals surface area contributed by atoms with E-state index in [4.69, 9.17) is 10.5 Å². The number of carbonyl (C=O) groups excluding carboxylic acids is 1. The van der Waals surface area contributed by atoms with Crippen molar-refractivity contribution in [2.45, 2.75) is 31.9 Å². The molecule has 18 heavy (non-hydrogen) atoms. The quantitative estimate of drug-likeness (QED) is 0.881. The number of amides is 1. The van der Waals surface area contributed by atoms with Crippen LogP contribution in [0.5, 0.6) is 5.75 Å². The van der Waals surface area contributed by atoms with Gasteiger partial charge in [0.05, 0.1) is 0 Å². The molecule has 0 fully saturated rings. The molecule has 1 unspecified atom stereocenters. The van der Waals surface area contributed by atoms with Gasteiger partial charge in [0.15, 0.2) is 6.10 Å². The van der Waals surface area contributed by atoms with Crippen molar-refractivity contribution < 1.29 is 9.53 Å². The molecule has 1 aromatic rings. The Morgan fingerprint density at radius 2 is 2.22 bits per heavy atom. The fourth-order valence-corrected chi connectivity index (χ4v) is 2.32. The van der Waals surface area contributed by atoms with Gasteiger partial charge in [-0.05, 0) is 43.0 Å². The van der Waals surface area contributed by atoms with Crippen LogP contribution < -0.4 is 10.5 Å². The summed E-state index contributed by atoms with van der Waals surface area (Å²) in [4.78, 5) is 13.2. The second-order valence-electron chi connectivity index (χ2n) is 5.00. The van der Waals surface area contributed by atoms with Gasteiger partial charge in [-0.2, -0.15) is 0 Å². The third kappa shape index (κ3) is 2.48. The van der Waals surface area contributed by atoms with Gasteiger partial charge >= 0.3 is 0 Å². The Balaban J connectivity index is 2.09.